The number of alkyl carbamates (subject to hydrolysis) is 1. The number of thioether (sulfide) groups is 1. The van der Waals surface area contributed by atoms with Gasteiger partial charge in [-0.05, 0) is 38.5 Å². The van der Waals surface area contributed by atoms with Crippen LogP contribution in [0.4, 0.5) is 4.79 Å². The predicted octanol–water partition coefficient (Wildman–Crippen LogP) is 4.81. The molecule has 0 bridgehead atoms. The molecule has 0 saturated carbocycles. The minimum atomic E-state index is -0.602. The molecule has 1 atom stereocenters. The maximum atomic E-state index is 12.3. The van der Waals surface area contributed by atoms with Crippen molar-refractivity contribution in [2.24, 2.45) is 0 Å². The molecule has 0 unspecified atom stereocenters. The van der Waals surface area contributed by atoms with E-state index in [-0.39, 0.29) is 19.0 Å². The van der Waals surface area contributed by atoms with Crippen molar-refractivity contribution in [1.82, 2.24) is 5.32 Å². The predicted molar refractivity (Wildman–Crippen MR) is 111 cm³/mol. The number of benzene rings is 2. The summed E-state index contributed by atoms with van der Waals surface area (Å²) in [5, 5.41) is 2.79. The van der Waals surface area contributed by atoms with Crippen LogP contribution in [0.15, 0.2) is 65.6 Å². The smallest absolute Gasteiger partial charge is 0.407 e. The van der Waals surface area contributed by atoms with E-state index >= 15 is 0 Å². The van der Waals surface area contributed by atoms with Crippen molar-refractivity contribution < 1.29 is 19.1 Å². The molecule has 0 aliphatic heterocycles. The van der Waals surface area contributed by atoms with Gasteiger partial charge < -0.3 is 14.8 Å². The van der Waals surface area contributed by atoms with Crippen LogP contribution in [0.5, 0.6) is 0 Å². The number of nitrogens with one attached hydrogen (secondary N) is 1. The normalized spacial score (nSPS) is 12.1. The fourth-order valence-corrected chi connectivity index (χ4v) is 3.28. The number of hydrogen-bond donors (Lipinski definition) is 1. The lowest BCUT2D eigenvalue weighted by atomic mass is 10.2. The Morgan fingerprint density at radius 3 is 2.21 bits per heavy atom. The van der Waals surface area contributed by atoms with E-state index in [9.17, 15) is 9.59 Å². The van der Waals surface area contributed by atoms with Crippen LogP contribution in [0.3, 0.4) is 0 Å². The van der Waals surface area contributed by atoms with Gasteiger partial charge in [0.1, 0.15) is 12.2 Å². The molecule has 1 amide bonds. The van der Waals surface area contributed by atoms with Crippen LogP contribution in [-0.2, 0) is 20.9 Å². The van der Waals surface area contributed by atoms with Crippen molar-refractivity contribution in [3.8, 4) is 0 Å². The summed E-state index contributed by atoms with van der Waals surface area (Å²) < 4.78 is 10.7. The Morgan fingerprint density at radius 1 is 1.00 bits per heavy atom. The van der Waals surface area contributed by atoms with Gasteiger partial charge in [-0.2, -0.15) is 0 Å². The molecule has 2 aromatic rings. The van der Waals surface area contributed by atoms with Gasteiger partial charge >= 0.3 is 12.1 Å². The standard InChI is InChI=1S/C22H27NO4S/c1-22(2,3)27-21(25)23-18(16-28-19-12-8-5-9-13-19)14-20(24)26-15-17-10-6-4-7-11-17/h4-13,18H,14-16H2,1-3H3,(H,23,25)/t18-/m1/s1. The third kappa shape index (κ3) is 8.95. The molecule has 28 heavy (non-hydrogen) atoms. The number of amides is 1. The van der Waals surface area contributed by atoms with Crippen LogP contribution in [-0.4, -0.2) is 29.5 Å². The first kappa shape index (κ1) is 21.8. The number of carbonyl (C=O) groups excluding carboxylic acids is 2. The highest BCUT2D eigenvalue weighted by Gasteiger charge is 2.22. The molecule has 0 aliphatic carbocycles. The van der Waals surface area contributed by atoms with E-state index in [1.807, 2.05) is 60.7 Å². The van der Waals surface area contributed by atoms with Crippen molar-refractivity contribution in [3.63, 3.8) is 0 Å². The molecule has 0 radical (unpaired) electrons. The zero-order chi connectivity index (χ0) is 20.4. The second-order valence-electron chi connectivity index (χ2n) is 7.32. The van der Waals surface area contributed by atoms with Gasteiger partial charge in [-0.1, -0.05) is 48.5 Å². The van der Waals surface area contributed by atoms with Crippen LogP contribution in [0.2, 0.25) is 0 Å². The Hall–Kier alpha value is -2.47. The summed E-state index contributed by atoms with van der Waals surface area (Å²) in [6.45, 7) is 5.61. The number of esters is 1. The second kappa shape index (κ2) is 10.8. The van der Waals surface area contributed by atoms with Crippen molar-refractivity contribution in [1.29, 1.82) is 0 Å². The molecule has 1 N–H and O–H groups in total. The summed E-state index contributed by atoms with van der Waals surface area (Å²) in [7, 11) is 0. The van der Waals surface area contributed by atoms with Crippen LogP contribution in [0, 0.1) is 0 Å². The first-order valence-electron chi connectivity index (χ1n) is 9.19. The van der Waals surface area contributed by atoms with Crippen LogP contribution >= 0.6 is 11.8 Å². The molecule has 0 heterocycles. The molecular formula is C22H27NO4S. The lowest BCUT2D eigenvalue weighted by molar-refractivity contribution is -0.145. The maximum Gasteiger partial charge on any atom is 0.407 e. The average molecular weight is 402 g/mol. The zero-order valence-corrected chi connectivity index (χ0v) is 17.3. The Morgan fingerprint density at radius 2 is 1.61 bits per heavy atom. The van der Waals surface area contributed by atoms with E-state index in [1.165, 1.54) is 0 Å². The lowest BCUT2D eigenvalue weighted by Gasteiger charge is -2.23. The van der Waals surface area contributed by atoms with Crippen LogP contribution in [0.1, 0.15) is 32.8 Å². The Bertz CT molecular complexity index is 744. The fraction of sp³-hybridized carbons (Fsp3) is 0.364. The molecular weight excluding hydrogens is 374 g/mol. The minimum Gasteiger partial charge on any atom is -0.461 e. The van der Waals surface area contributed by atoms with Gasteiger partial charge in [-0.3, -0.25) is 4.79 Å². The fourth-order valence-electron chi connectivity index (χ4n) is 2.34. The topological polar surface area (TPSA) is 64.6 Å². The molecule has 6 heteroatoms. The highest BCUT2D eigenvalue weighted by molar-refractivity contribution is 7.99. The summed E-state index contributed by atoms with van der Waals surface area (Å²) in [6.07, 6.45) is -0.464. The van der Waals surface area contributed by atoms with Crippen molar-refractivity contribution in [2.45, 2.75) is 50.3 Å². The monoisotopic (exact) mass is 401 g/mol. The molecule has 5 nitrogen and oxygen atoms in total. The molecule has 0 aromatic heterocycles. The van der Waals surface area contributed by atoms with Crippen molar-refractivity contribution in [2.75, 3.05) is 5.75 Å². The van der Waals surface area contributed by atoms with Gasteiger partial charge in [-0.15, -0.1) is 11.8 Å². The Labute approximate surface area is 170 Å². The molecule has 2 aromatic carbocycles. The summed E-state index contributed by atoms with van der Waals surface area (Å²) in [4.78, 5) is 25.5. The summed E-state index contributed by atoms with van der Waals surface area (Å²) >= 11 is 1.57. The summed E-state index contributed by atoms with van der Waals surface area (Å²) in [5.41, 5.74) is 0.320. The van der Waals surface area contributed by atoms with E-state index in [0.29, 0.717) is 5.75 Å². The second-order valence-corrected chi connectivity index (χ2v) is 8.41. The van der Waals surface area contributed by atoms with Gasteiger partial charge in [0.2, 0.25) is 0 Å². The SMILES string of the molecule is CC(C)(C)OC(=O)N[C@@H](CSc1ccccc1)CC(=O)OCc1ccccc1. The molecule has 0 saturated heterocycles. The summed E-state index contributed by atoms with van der Waals surface area (Å²) in [5.74, 6) is 0.169. The number of carbonyl (C=O) groups is 2. The van der Waals surface area contributed by atoms with Gasteiger partial charge in [0.25, 0.3) is 0 Å². The van der Waals surface area contributed by atoms with E-state index in [0.717, 1.165) is 10.5 Å². The molecule has 2 rings (SSSR count). The van der Waals surface area contributed by atoms with Crippen LogP contribution in [0.25, 0.3) is 0 Å². The zero-order valence-electron chi connectivity index (χ0n) is 16.5. The van der Waals surface area contributed by atoms with E-state index in [1.54, 1.807) is 32.5 Å². The number of rotatable bonds is 8. The first-order chi connectivity index (χ1) is 13.3. The van der Waals surface area contributed by atoms with E-state index < -0.39 is 17.7 Å². The maximum absolute atomic E-state index is 12.3. The summed E-state index contributed by atoms with van der Waals surface area (Å²) in [6, 6.07) is 18.9. The molecule has 0 aliphatic rings. The molecule has 150 valence electrons. The van der Waals surface area contributed by atoms with Gasteiger partial charge in [0.15, 0.2) is 0 Å². The Balaban J connectivity index is 1.91. The quantitative estimate of drug-likeness (QED) is 0.508. The molecule has 0 spiro atoms. The highest BCUT2D eigenvalue weighted by Crippen LogP contribution is 2.19. The van der Waals surface area contributed by atoms with E-state index in [2.05, 4.69) is 5.32 Å². The number of ether oxygens (including phenoxy) is 2. The number of hydrogen-bond acceptors (Lipinski definition) is 5. The third-order valence-electron chi connectivity index (χ3n) is 3.57. The van der Waals surface area contributed by atoms with Gasteiger partial charge in [0.05, 0.1) is 12.5 Å². The van der Waals surface area contributed by atoms with Crippen molar-refractivity contribution >= 4 is 23.8 Å². The highest BCUT2D eigenvalue weighted by atomic mass is 32.2. The third-order valence-corrected chi connectivity index (χ3v) is 4.75. The Kier molecular flexibility index (Phi) is 8.39. The largest absolute Gasteiger partial charge is 0.461 e. The van der Waals surface area contributed by atoms with Crippen molar-refractivity contribution in [3.05, 3.63) is 66.2 Å². The van der Waals surface area contributed by atoms with Crippen LogP contribution < -0.4 is 5.32 Å². The minimum absolute atomic E-state index is 0.0753. The van der Waals surface area contributed by atoms with E-state index in [4.69, 9.17) is 9.47 Å². The van der Waals surface area contributed by atoms with Gasteiger partial charge in [-0.25, -0.2) is 4.79 Å². The average Bonchev–Trinajstić information content (AvgIpc) is 2.64. The first-order valence-corrected chi connectivity index (χ1v) is 10.2. The lowest BCUT2D eigenvalue weighted by Crippen LogP contribution is -2.41. The van der Waals surface area contributed by atoms with Gasteiger partial charge in [0, 0.05) is 10.6 Å². The molecule has 0 fully saturated rings.